The highest BCUT2D eigenvalue weighted by atomic mass is 32.2. The summed E-state index contributed by atoms with van der Waals surface area (Å²) in [6, 6.07) is 5.26. The summed E-state index contributed by atoms with van der Waals surface area (Å²) in [5.74, 6) is -0.300. The van der Waals surface area contributed by atoms with Gasteiger partial charge >= 0.3 is 0 Å². The highest BCUT2D eigenvalue weighted by molar-refractivity contribution is 8.00. The first kappa shape index (κ1) is 19.3. The van der Waals surface area contributed by atoms with E-state index in [4.69, 9.17) is 0 Å². The molecule has 8 heteroatoms. The maximum atomic E-state index is 13.1. The number of thioether (sulfide) groups is 1. The molecule has 6 nitrogen and oxygen atoms in total. The van der Waals surface area contributed by atoms with Crippen molar-refractivity contribution in [2.75, 3.05) is 6.54 Å². The first-order chi connectivity index (χ1) is 13.0. The first-order valence-electron chi connectivity index (χ1n) is 8.80. The Bertz CT molecular complexity index is 850. The van der Waals surface area contributed by atoms with Crippen molar-refractivity contribution in [3.05, 3.63) is 54.1 Å². The highest BCUT2D eigenvalue weighted by Crippen LogP contribution is 2.30. The van der Waals surface area contributed by atoms with Crippen LogP contribution in [0.4, 0.5) is 4.39 Å². The zero-order chi connectivity index (χ0) is 19.4. The van der Waals surface area contributed by atoms with Crippen molar-refractivity contribution in [3.8, 4) is 0 Å². The smallest absolute Gasteiger partial charge is 0.260 e. The summed E-state index contributed by atoms with van der Waals surface area (Å²) in [5, 5.41) is 8.47. The number of aromatic nitrogens is 3. The van der Waals surface area contributed by atoms with Crippen molar-refractivity contribution in [1.29, 1.82) is 0 Å². The van der Waals surface area contributed by atoms with Gasteiger partial charge in [-0.15, -0.1) is 16.8 Å². The van der Waals surface area contributed by atoms with Crippen LogP contribution in [-0.2, 0) is 11.3 Å². The third-order valence-electron chi connectivity index (χ3n) is 4.44. The molecule has 27 heavy (non-hydrogen) atoms. The van der Waals surface area contributed by atoms with Gasteiger partial charge in [0.2, 0.25) is 5.91 Å². The molecule has 2 amide bonds. The Labute approximate surface area is 161 Å². The number of imide groups is 1. The maximum Gasteiger partial charge on any atom is 0.260 e. The normalized spacial score (nSPS) is 17.6. The number of rotatable bonds is 5. The van der Waals surface area contributed by atoms with Gasteiger partial charge in [-0.1, -0.05) is 24.3 Å². The standard InChI is InChI=1S/C19H21FN4O2S/c1-3-11-23-13(2)21-22-19(23)27-16-6-4-5-12-24(18(16)26)17(25)14-7-9-15(20)10-8-14/h3,7-10,16H,1,4-6,11-12H2,2H3. The molecule has 0 bridgehead atoms. The first-order valence-corrected chi connectivity index (χ1v) is 9.68. The van der Waals surface area contributed by atoms with Gasteiger partial charge in [-0.25, -0.2) is 4.39 Å². The van der Waals surface area contributed by atoms with E-state index in [1.54, 1.807) is 6.08 Å². The van der Waals surface area contributed by atoms with E-state index in [0.717, 1.165) is 18.7 Å². The van der Waals surface area contributed by atoms with E-state index in [1.165, 1.54) is 40.9 Å². The number of nitrogens with zero attached hydrogens (tertiary/aromatic N) is 4. The molecule has 1 aliphatic heterocycles. The molecule has 1 aliphatic rings. The average molecular weight is 388 g/mol. The molecule has 1 fully saturated rings. The van der Waals surface area contributed by atoms with Crippen molar-refractivity contribution in [2.24, 2.45) is 0 Å². The van der Waals surface area contributed by atoms with Crippen molar-refractivity contribution in [3.63, 3.8) is 0 Å². The van der Waals surface area contributed by atoms with Crippen LogP contribution in [0.25, 0.3) is 0 Å². The van der Waals surface area contributed by atoms with E-state index in [0.29, 0.717) is 30.2 Å². The van der Waals surface area contributed by atoms with E-state index in [9.17, 15) is 14.0 Å². The van der Waals surface area contributed by atoms with Crippen molar-refractivity contribution < 1.29 is 14.0 Å². The second-order valence-corrected chi connectivity index (χ2v) is 7.50. The Hall–Kier alpha value is -2.48. The molecule has 2 aromatic rings. The van der Waals surface area contributed by atoms with Crippen LogP contribution in [-0.4, -0.2) is 43.3 Å². The molecular weight excluding hydrogens is 367 g/mol. The number of hydrogen-bond donors (Lipinski definition) is 0. The third kappa shape index (κ3) is 4.27. The van der Waals surface area contributed by atoms with Gasteiger partial charge in [0.25, 0.3) is 5.91 Å². The molecule has 1 unspecified atom stereocenters. The fourth-order valence-electron chi connectivity index (χ4n) is 2.98. The van der Waals surface area contributed by atoms with E-state index in [2.05, 4.69) is 16.8 Å². The van der Waals surface area contributed by atoms with Gasteiger partial charge in [0.1, 0.15) is 11.6 Å². The summed E-state index contributed by atoms with van der Waals surface area (Å²) >= 11 is 1.33. The summed E-state index contributed by atoms with van der Waals surface area (Å²) in [5.41, 5.74) is 0.307. The largest absolute Gasteiger partial charge is 0.302 e. The Morgan fingerprint density at radius 3 is 2.78 bits per heavy atom. The van der Waals surface area contributed by atoms with Gasteiger partial charge in [-0.2, -0.15) is 0 Å². The maximum absolute atomic E-state index is 13.1. The Morgan fingerprint density at radius 1 is 1.33 bits per heavy atom. The molecule has 0 aliphatic carbocycles. The van der Waals surface area contributed by atoms with E-state index in [-0.39, 0.29) is 5.91 Å². The van der Waals surface area contributed by atoms with Crippen LogP contribution in [0.1, 0.15) is 35.4 Å². The second kappa shape index (κ2) is 8.47. The van der Waals surface area contributed by atoms with Crippen LogP contribution in [0.15, 0.2) is 42.1 Å². The molecule has 1 aromatic carbocycles. The minimum Gasteiger partial charge on any atom is -0.302 e. The quantitative estimate of drug-likeness (QED) is 0.581. The molecule has 0 spiro atoms. The van der Waals surface area contributed by atoms with Crippen LogP contribution >= 0.6 is 11.8 Å². The van der Waals surface area contributed by atoms with Crippen LogP contribution in [0.2, 0.25) is 0 Å². The van der Waals surface area contributed by atoms with Crippen LogP contribution in [0.5, 0.6) is 0 Å². The molecule has 142 valence electrons. The number of amides is 2. The summed E-state index contributed by atoms with van der Waals surface area (Å²) in [4.78, 5) is 27.1. The molecule has 0 N–H and O–H groups in total. The Morgan fingerprint density at radius 2 is 2.07 bits per heavy atom. The number of carbonyl (C=O) groups is 2. The highest BCUT2D eigenvalue weighted by Gasteiger charge is 2.33. The molecule has 2 heterocycles. The monoisotopic (exact) mass is 388 g/mol. The topological polar surface area (TPSA) is 68.1 Å². The Balaban J connectivity index is 1.81. The van der Waals surface area contributed by atoms with E-state index < -0.39 is 17.0 Å². The van der Waals surface area contributed by atoms with Gasteiger partial charge in [-0.3, -0.25) is 14.5 Å². The summed E-state index contributed by atoms with van der Waals surface area (Å²) < 4.78 is 15.0. The zero-order valence-electron chi connectivity index (χ0n) is 15.1. The van der Waals surface area contributed by atoms with E-state index in [1.807, 2.05) is 11.5 Å². The van der Waals surface area contributed by atoms with Crippen molar-refractivity contribution in [1.82, 2.24) is 19.7 Å². The van der Waals surface area contributed by atoms with E-state index >= 15 is 0 Å². The molecule has 0 saturated carbocycles. The summed E-state index contributed by atoms with van der Waals surface area (Å²) in [6.07, 6.45) is 4.00. The van der Waals surface area contributed by atoms with Gasteiger partial charge in [0.15, 0.2) is 5.16 Å². The molecule has 3 rings (SSSR count). The minimum atomic E-state index is -0.418. The fraction of sp³-hybridized carbons (Fsp3) is 0.368. The lowest BCUT2D eigenvalue weighted by atomic mass is 10.2. The zero-order valence-corrected chi connectivity index (χ0v) is 15.9. The van der Waals surface area contributed by atoms with Crippen LogP contribution in [0.3, 0.4) is 0 Å². The number of halogens is 1. The van der Waals surface area contributed by atoms with Gasteiger partial charge < -0.3 is 4.57 Å². The van der Waals surface area contributed by atoms with Crippen molar-refractivity contribution >= 4 is 23.6 Å². The molecule has 1 aromatic heterocycles. The number of likely N-dealkylation sites (tertiary alicyclic amines) is 1. The molecule has 1 saturated heterocycles. The summed E-state index contributed by atoms with van der Waals surface area (Å²) in [7, 11) is 0. The van der Waals surface area contributed by atoms with Crippen LogP contribution < -0.4 is 0 Å². The average Bonchev–Trinajstić information content (AvgIpc) is 2.89. The van der Waals surface area contributed by atoms with Gasteiger partial charge in [0, 0.05) is 18.7 Å². The van der Waals surface area contributed by atoms with Gasteiger partial charge in [0.05, 0.1) is 5.25 Å². The number of carbonyl (C=O) groups excluding carboxylic acids is 2. The number of benzene rings is 1. The predicted molar refractivity (Wildman–Crippen MR) is 101 cm³/mol. The second-order valence-electron chi connectivity index (χ2n) is 6.33. The predicted octanol–water partition coefficient (Wildman–Crippen LogP) is 3.23. The fourth-order valence-corrected chi connectivity index (χ4v) is 4.17. The SMILES string of the molecule is C=CCn1c(C)nnc1SC1CCCCN(C(=O)c2ccc(F)cc2)C1=O. The summed E-state index contributed by atoms with van der Waals surface area (Å²) in [6.45, 7) is 6.51. The minimum absolute atomic E-state index is 0.238. The van der Waals surface area contributed by atoms with Crippen LogP contribution in [0, 0.1) is 12.7 Å². The molecule has 0 radical (unpaired) electrons. The lowest BCUT2D eigenvalue weighted by molar-refractivity contribution is -0.127. The molecule has 1 atom stereocenters. The van der Waals surface area contributed by atoms with Gasteiger partial charge in [-0.05, 0) is 44.0 Å². The third-order valence-corrected chi connectivity index (χ3v) is 5.67. The lowest BCUT2D eigenvalue weighted by Crippen LogP contribution is -2.41. The molecular formula is C19H21FN4O2S. The number of hydrogen-bond acceptors (Lipinski definition) is 5. The number of aryl methyl sites for hydroxylation is 1. The number of allylic oxidation sites excluding steroid dienone is 1. The van der Waals surface area contributed by atoms with Crippen molar-refractivity contribution in [2.45, 2.75) is 43.1 Å². The lowest BCUT2D eigenvalue weighted by Gasteiger charge is -2.22. The Kier molecular flexibility index (Phi) is 6.05.